The van der Waals surface area contributed by atoms with E-state index in [-0.39, 0.29) is 10.8 Å². The lowest BCUT2D eigenvalue weighted by molar-refractivity contribution is -0.192. The Bertz CT molecular complexity index is 1120. The second kappa shape index (κ2) is 9.37. The number of sulfonamides is 1. The summed E-state index contributed by atoms with van der Waals surface area (Å²) in [5, 5.41) is 10.2. The second-order valence-corrected chi connectivity index (χ2v) is 9.15. The normalized spacial score (nSPS) is 14.6. The number of aliphatic carboxylic acids is 1. The van der Waals surface area contributed by atoms with E-state index in [1.165, 1.54) is 12.1 Å². The van der Waals surface area contributed by atoms with Crippen molar-refractivity contribution < 1.29 is 36.3 Å². The van der Waals surface area contributed by atoms with Gasteiger partial charge in [0.1, 0.15) is 0 Å². The molecule has 2 aromatic carbocycles. The Kier molecular flexibility index (Phi) is 7.46. The highest BCUT2D eigenvalue weighted by Gasteiger charge is 2.50. The number of rotatable bonds is 5. The van der Waals surface area contributed by atoms with Crippen LogP contribution in [0.2, 0.25) is 5.02 Å². The van der Waals surface area contributed by atoms with Crippen molar-refractivity contribution in [1.29, 1.82) is 0 Å². The molecule has 0 bridgehead atoms. The number of carboxylic acid groups (broad SMARTS) is 1. The molecule has 12 heteroatoms. The number of halogens is 4. The van der Waals surface area contributed by atoms with Crippen LogP contribution in [0.5, 0.6) is 0 Å². The van der Waals surface area contributed by atoms with Gasteiger partial charge in [-0.15, -0.1) is 0 Å². The molecule has 3 rings (SSSR count). The fourth-order valence-corrected chi connectivity index (χ4v) is 4.15. The van der Waals surface area contributed by atoms with E-state index in [0.717, 1.165) is 24.0 Å². The number of amides is 1. The fourth-order valence-electron chi connectivity index (χ4n) is 2.82. The number of likely N-dealkylation sites (N-methyl/N-ethyl adjacent to an activating group) is 1. The number of anilines is 1. The van der Waals surface area contributed by atoms with Gasteiger partial charge in [0.15, 0.2) is 0 Å². The average Bonchev–Trinajstić information content (AvgIpc) is 3.51. The van der Waals surface area contributed by atoms with Crippen molar-refractivity contribution in [2.45, 2.75) is 36.3 Å². The quantitative estimate of drug-likeness (QED) is 0.586. The SMILES string of the molecule is CNC(=O)C1(c2ccc(NS(=O)(=O)c3ccc(C)c(Cl)c3)cc2)CC1.O=C(O)C(F)(F)F. The van der Waals surface area contributed by atoms with Crippen LogP contribution in [-0.2, 0) is 25.0 Å². The fraction of sp³-hybridized carbons (Fsp3) is 0.300. The van der Waals surface area contributed by atoms with Gasteiger partial charge in [0.25, 0.3) is 10.0 Å². The number of carboxylic acids is 1. The number of hydrogen-bond donors (Lipinski definition) is 3. The molecule has 0 heterocycles. The highest BCUT2D eigenvalue weighted by molar-refractivity contribution is 7.92. The molecule has 32 heavy (non-hydrogen) atoms. The Morgan fingerprint density at radius 3 is 2.03 bits per heavy atom. The zero-order valence-electron chi connectivity index (χ0n) is 17.0. The van der Waals surface area contributed by atoms with Gasteiger partial charge in [0, 0.05) is 17.8 Å². The van der Waals surface area contributed by atoms with Crippen LogP contribution in [0.1, 0.15) is 24.0 Å². The lowest BCUT2D eigenvalue weighted by Crippen LogP contribution is -2.31. The molecular weight excluding hydrogens is 473 g/mol. The van der Waals surface area contributed by atoms with E-state index in [1.54, 1.807) is 37.4 Å². The summed E-state index contributed by atoms with van der Waals surface area (Å²) in [6.45, 7) is 1.81. The van der Waals surface area contributed by atoms with Gasteiger partial charge in [-0.05, 0) is 55.2 Å². The Balaban J connectivity index is 0.000000451. The molecule has 1 fully saturated rings. The summed E-state index contributed by atoms with van der Waals surface area (Å²) in [6, 6.07) is 11.5. The molecule has 3 N–H and O–H groups in total. The van der Waals surface area contributed by atoms with Crippen molar-refractivity contribution in [2.24, 2.45) is 0 Å². The van der Waals surface area contributed by atoms with Crippen LogP contribution in [-0.4, -0.2) is 38.6 Å². The summed E-state index contributed by atoms with van der Waals surface area (Å²) < 4.78 is 59.2. The topological polar surface area (TPSA) is 113 Å². The third kappa shape index (κ3) is 5.92. The third-order valence-corrected chi connectivity index (χ3v) is 6.58. The van der Waals surface area contributed by atoms with Crippen molar-refractivity contribution in [3.63, 3.8) is 0 Å². The molecule has 1 amide bonds. The first-order valence-electron chi connectivity index (χ1n) is 9.15. The predicted octanol–water partition coefficient (Wildman–Crippen LogP) is 3.86. The van der Waals surface area contributed by atoms with E-state index in [0.29, 0.717) is 10.7 Å². The summed E-state index contributed by atoms with van der Waals surface area (Å²) in [6.07, 6.45) is -3.47. The summed E-state index contributed by atoms with van der Waals surface area (Å²) in [7, 11) is -2.10. The molecule has 0 atom stereocenters. The van der Waals surface area contributed by atoms with Crippen molar-refractivity contribution in [3.05, 3.63) is 58.6 Å². The maximum Gasteiger partial charge on any atom is 0.490 e. The number of aryl methyl sites for hydroxylation is 1. The van der Waals surface area contributed by atoms with Gasteiger partial charge < -0.3 is 10.4 Å². The minimum atomic E-state index is -5.08. The van der Waals surface area contributed by atoms with Crippen molar-refractivity contribution in [3.8, 4) is 0 Å². The molecule has 1 aliphatic carbocycles. The summed E-state index contributed by atoms with van der Waals surface area (Å²) in [5.41, 5.74) is 1.69. The molecule has 174 valence electrons. The molecule has 0 unspecified atom stereocenters. The van der Waals surface area contributed by atoms with E-state index in [1.807, 2.05) is 6.92 Å². The van der Waals surface area contributed by atoms with Gasteiger partial charge in [-0.3, -0.25) is 9.52 Å². The lowest BCUT2D eigenvalue weighted by atomic mass is 9.95. The largest absolute Gasteiger partial charge is 0.490 e. The first-order valence-corrected chi connectivity index (χ1v) is 11.0. The van der Waals surface area contributed by atoms with Gasteiger partial charge >= 0.3 is 12.1 Å². The van der Waals surface area contributed by atoms with Gasteiger partial charge in [0.2, 0.25) is 5.91 Å². The highest BCUT2D eigenvalue weighted by atomic mass is 35.5. The minimum absolute atomic E-state index is 0.00451. The molecule has 0 radical (unpaired) electrons. The molecular formula is C20H20ClF3N2O5S. The van der Waals surface area contributed by atoms with Crippen LogP contribution in [0.3, 0.4) is 0 Å². The second-order valence-electron chi connectivity index (χ2n) is 7.06. The van der Waals surface area contributed by atoms with Crippen LogP contribution in [0.15, 0.2) is 47.4 Å². The smallest absolute Gasteiger partial charge is 0.475 e. The van der Waals surface area contributed by atoms with Crippen LogP contribution in [0.25, 0.3) is 0 Å². The van der Waals surface area contributed by atoms with Crippen LogP contribution in [0.4, 0.5) is 18.9 Å². The van der Waals surface area contributed by atoms with Crippen molar-refractivity contribution in [1.82, 2.24) is 5.32 Å². The lowest BCUT2D eigenvalue weighted by Gasteiger charge is -2.15. The van der Waals surface area contributed by atoms with Crippen LogP contribution < -0.4 is 10.0 Å². The number of alkyl halides is 3. The zero-order chi connectivity index (χ0) is 24.3. The maximum atomic E-state index is 12.5. The minimum Gasteiger partial charge on any atom is -0.475 e. The summed E-state index contributed by atoms with van der Waals surface area (Å²) >= 11 is 6.01. The number of hydrogen-bond acceptors (Lipinski definition) is 4. The van der Waals surface area contributed by atoms with Gasteiger partial charge in [0.05, 0.1) is 10.3 Å². The Hall–Kier alpha value is -2.79. The van der Waals surface area contributed by atoms with Gasteiger partial charge in [-0.2, -0.15) is 13.2 Å². The third-order valence-electron chi connectivity index (χ3n) is 4.80. The van der Waals surface area contributed by atoms with Crippen molar-refractivity contribution in [2.75, 3.05) is 11.8 Å². The van der Waals surface area contributed by atoms with E-state index in [2.05, 4.69) is 10.0 Å². The first kappa shape index (κ1) is 25.5. The van der Waals surface area contributed by atoms with Crippen molar-refractivity contribution >= 4 is 39.2 Å². The molecule has 2 aromatic rings. The van der Waals surface area contributed by atoms with E-state index in [9.17, 15) is 26.4 Å². The van der Waals surface area contributed by atoms with Crippen LogP contribution in [0, 0.1) is 6.92 Å². The molecule has 0 saturated heterocycles. The number of carbonyl (C=O) groups excluding carboxylic acids is 1. The standard InChI is InChI=1S/C18H19ClN2O3S.C2HF3O2/c1-12-3-8-15(11-16(12)19)25(23,24)21-14-6-4-13(5-7-14)18(9-10-18)17(22)20-2;3-2(4,5)1(6)7/h3-8,11,21H,9-10H2,1-2H3,(H,20,22);(H,6,7). The maximum absolute atomic E-state index is 12.5. The molecule has 0 aromatic heterocycles. The zero-order valence-corrected chi connectivity index (χ0v) is 18.5. The number of nitrogens with one attached hydrogen (secondary N) is 2. The van der Waals surface area contributed by atoms with E-state index >= 15 is 0 Å². The molecule has 0 spiro atoms. The monoisotopic (exact) mass is 492 g/mol. The van der Waals surface area contributed by atoms with Gasteiger partial charge in [-0.1, -0.05) is 29.8 Å². The number of benzene rings is 2. The highest BCUT2D eigenvalue weighted by Crippen LogP contribution is 2.48. The molecule has 7 nitrogen and oxygen atoms in total. The average molecular weight is 493 g/mol. The first-order chi connectivity index (χ1) is 14.7. The Morgan fingerprint density at radius 2 is 1.62 bits per heavy atom. The molecule has 1 saturated carbocycles. The molecule has 1 aliphatic rings. The summed E-state index contributed by atoms with van der Waals surface area (Å²) in [4.78, 5) is 21.0. The Labute approximate surface area is 187 Å². The Morgan fingerprint density at radius 1 is 1.09 bits per heavy atom. The molecule has 0 aliphatic heterocycles. The predicted molar refractivity (Wildman–Crippen MR) is 112 cm³/mol. The van der Waals surface area contributed by atoms with Crippen LogP contribution >= 0.6 is 11.6 Å². The van der Waals surface area contributed by atoms with E-state index < -0.39 is 27.6 Å². The van der Waals surface area contributed by atoms with Gasteiger partial charge in [-0.25, -0.2) is 13.2 Å². The van der Waals surface area contributed by atoms with E-state index in [4.69, 9.17) is 21.5 Å². The number of carbonyl (C=O) groups is 2. The summed E-state index contributed by atoms with van der Waals surface area (Å²) in [5.74, 6) is -2.76.